The van der Waals surface area contributed by atoms with Crippen molar-refractivity contribution in [3.05, 3.63) is 81.7 Å². The number of methoxy groups -OCH3 is 2. The van der Waals surface area contributed by atoms with Crippen molar-refractivity contribution < 1.29 is 33.3 Å². The van der Waals surface area contributed by atoms with Gasteiger partial charge < -0.3 is 24.1 Å². The second-order valence-corrected chi connectivity index (χ2v) is 7.85. The van der Waals surface area contributed by atoms with Crippen LogP contribution in [0.2, 0.25) is 0 Å². The van der Waals surface area contributed by atoms with E-state index >= 15 is 0 Å². The number of esters is 1. The third-order valence-electron chi connectivity index (χ3n) is 4.71. The second kappa shape index (κ2) is 10.2. The first-order valence-corrected chi connectivity index (χ1v) is 10.5. The minimum Gasteiger partial charge on any atom is -0.504 e. The van der Waals surface area contributed by atoms with Gasteiger partial charge in [-0.25, -0.2) is 4.39 Å². The van der Waals surface area contributed by atoms with Crippen LogP contribution in [0, 0.1) is 5.82 Å². The van der Waals surface area contributed by atoms with Crippen molar-refractivity contribution in [1.29, 1.82) is 0 Å². The van der Waals surface area contributed by atoms with Gasteiger partial charge in [-0.3, -0.25) is 9.59 Å². The summed E-state index contributed by atoms with van der Waals surface area (Å²) in [6.07, 6.45) is -0.243. The van der Waals surface area contributed by atoms with Crippen molar-refractivity contribution in [2.75, 3.05) is 14.2 Å². The monoisotopic (exact) mass is 460 g/mol. The lowest BCUT2D eigenvalue weighted by molar-refractivity contribution is -0.140. The zero-order valence-electron chi connectivity index (χ0n) is 17.3. The average molecular weight is 460 g/mol. The predicted molar refractivity (Wildman–Crippen MR) is 116 cm³/mol. The fraction of sp³-hybridized carbons (Fsp3) is 0.217. The van der Waals surface area contributed by atoms with E-state index in [2.05, 4.69) is 0 Å². The van der Waals surface area contributed by atoms with E-state index in [1.807, 2.05) is 0 Å². The Morgan fingerprint density at radius 2 is 1.84 bits per heavy atom. The second-order valence-electron chi connectivity index (χ2n) is 6.80. The standard InChI is InChI=1S/C23H21FO7S/c1-29-20-8-3-13(9-18(20)25)17(11-21(27)30-2)23-22(28)19(26)10-15(31-23)12-32-16-6-4-14(24)5-7-16/h3-10,17,25,28H,11-12H2,1-2H3/t17-/m1/s1. The lowest BCUT2D eigenvalue weighted by Gasteiger charge is -2.18. The molecule has 0 radical (unpaired) electrons. The molecule has 3 rings (SSSR count). The molecule has 1 atom stereocenters. The number of phenolic OH excluding ortho intramolecular Hbond substituents is 1. The van der Waals surface area contributed by atoms with Crippen molar-refractivity contribution in [3.63, 3.8) is 0 Å². The summed E-state index contributed by atoms with van der Waals surface area (Å²) >= 11 is 1.31. The van der Waals surface area contributed by atoms with Crippen LogP contribution in [0.15, 0.2) is 62.6 Å². The summed E-state index contributed by atoms with van der Waals surface area (Å²) < 4.78 is 28.7. The molecule has 1 heterocycles. The van der Waals surface area contributed by atoms with Crippen LogP contribution < -0.4 is 10.2 Å². The van der Waals surface area contributed by atoms with Crippen LogP contribution in [0.3, 0.4) is 0 Å². The van der Waals surface area contributed by atoms with Gasteiger partial charge in [0.1, 0.15) is 11.6 Å². The topological polar surface area (TPSA) is 106 Å². The van der Waals surface area contributed by atoms with Gasteiger partial charge in [-0.15, -0.1) is 11.8 Å². The quantitative estimate of drug-likeness (QED) is 0.381. The van der Waals surface area contributed by atoms with Gasteiger partial charge in [-0.2, -0.15) is 0 Å². The van der Waals surface area contributed by atoms with Crippen LogP contribution in [0.5, 0.6) is 17.2 Å². The molecule has 0 fully saturated rings. The molecule has 2 aromatic carbocycles. The highest BCUT2D eigenvalue weighted by molar-refractivity contribution is 7.98. The zero-order valence-corrected chi connectivity index (χ0v) is 18.1. The highest BCUT2D eigenvalue weighted by atomic mass is 32.2. The number of hydrogen-bond donors (Lipinski definition) is 2. The SMILES string of the molecule is COC(=O)C[C@H](c1ccc(OC)c(O)c1)c1oc(CSc2ccc(F)cc2)cc(=O)c1O. The molecule has 0 unspecified atom stereocenters. The van der Waals surface area contributed by atoms with Crippen molar-refractivity contribution in [2.24, 2.45) is 0 Å². The Hall–Kier alpha value is -3.46. The lowest BCUT2D eigenvalue weighted by Crippen LogP contribution is -2.14. The van der Waals surface area contributed by atoms with Gasteiger partial charge in [0.05, 0.1) is 32.3 Å². The third kappa shape index (κ3) is 5.42. The molecule has 168 valence electrons. The first-order chi connectivity index (χ1) is 15.3. The van der Waals surface area contributed by atoms with E-state index in [0.29, 0.717) is 5.56 Å². The van der Waals surface area contributed by atoms with Crippen LogP contribution in [-0.4, -0.2) is 30.4 Å². The molecule has 32 heavy (non-hydrogen) atoms. The Bertz CT molecular complexity index is 1160. The largest absolute Gasteiger partial charge is 0.504 e. The average Bonchev–Trinajstić information content (AvgIpc) is 2.79. The van der Waals surface area contributed by atoms with Gasteiger partial charge in [-0.05, 0) is 42.0 Å². The molecule has 2 N–H and O–H groups in total. The van der Waals surface area contributed by atoms with Gasteiger partial charge in [0.25, 0.3) is 0 Å². The molecule has 0 aliphatic heterocycles. The summed E-state index contributed by atoms with van der Waals surface area (Å²) in [6.45, 7) is 0. The summed E-state index contributed by atoms with van der Waals surface area (Å²) in [5, 5.41) is 20.6. The summed E-state index contributed by atoms with van der Waals surface area (Å²) in [5.41, 5.74) is -0.260. The Morgan fingerprint density at radius 3 is 2.47 bits per heavy atom. The third-order valence-corrected chi connectivity index (χ3v) is 5.75. The van der Waals surface area contributed by atoms with E-state index < -0.39 is 23.1 Å². The highest BCUT2D eigenvalue weighted by Gasteiger charge is 2.27. The molecule has 0 spiro atoms. The van der Waals surface area contributed by atoms with Crippen molar-refractivity contribution in [2.45, 2.75) is 23.0 Å². The molecule has 0 aliphatic rings. The molecular formula is C23H21FO7S. The summed E-state index contributed by atoms with van der Waals surface area (Å²) in [7, 11) is 2.62. The van der Waals surface area contributed by atoms with Crippen molar-refractivity contribution in [3.8, 4) is 17.2 Å². The normalized spacial score (nSPS) is 11.7. The first-order valence-electron chi connectivity index (χ1n) is 9.50. The Kier molecular flexibility index (Phi) is 7.42. The number of carbonyl (C=O) groups is 1. The van der Waals surface area contributed by atoms with Crippen molar-refractivity contribution >= 4 is 17.7 Å². The van der Waals surface area contributed by atoms with Crippen LogP contribution in [-0.2, 0) is 15.3 Å². The first kappa shape index (κ1) is 23.2. The van der Waals surface area contributed by atoms with Gasteiger partial charge in [0, 0.05) is 11.0 Å². The summed E-state index contributed by atoms with van der Waals surface area (Å²) in [6, 6.07) is 11.5. The maximum absolute atomic E-state index is 13.1. The van der Waals surface area contributed by atoms with E-state index in [1.165, 1.54) is 50.2 Å². The van der Waals surface area contributed by atoms with Crippen LogP contribution in [0.1, 0.15) is 29.4 Å². The van der Waals surface area contributed by atoms with Gasteiger partial charge in [-0.1, -0.05) is 6.07 Å². The van der Waals surface area contributed by atoms with Gasteiger partial charge in [0.2, 0.25) is 11.2 Å². The number of halogens is 1. The highest BCUT2D eigenvalue weighted by Crippen LogP contribution is 2.37. The van der Waals surface area contributed by atoms with E-state index in [9.17, 15) is 24.2 Å². The Balaban J connectivity index is 1.99. The van der Waals surface area contributed by atoms with E-state index in [-0.39, 0.29) is 41.0 Å². The fourth-order valence-corrected chi connectivity index (χ4v) is 3.86. The fourth-order valence-electron chi connectivity index (χ4n) is 3.08. The number of thioether (sulfide) groups is 1. The molecule has 0 saturated heterocycles. The van der Waals surface area contributed by atoms with Crippen molar-refractivity contribution in [1.82, 2.24) is 0 Å². The van der Waals surface area contributed by atoms with Gasteiger partial charge >= 0.3 is 5.97 Å². The van der Waals surface area contributed by atoms with Gasteiger partial charge in [0.15, 0.2) is 17.3 Å². The number of hydrogen-bond acceptors (Lipinski definition) is 8. The molecule has 7 nitrogen and oxygen atoms in total. The Labute approximate surface area is 187 Å². The maximum Gasteiger partial charge on any atom is 0.306 e. The number of rotatable bonds is 8. The zero-order chi connectivity index (χ0) is 23.3. The molecule has 0 saturated carbocycles. The number of phenols is 1. The molecule has 1 aromatic heterocycles. The molecular weight excluding hydrogens is 439 g/mol. The van der Waals surface area contributed by atoms with Crippen LogP contribution in [0.25, 0.3) is 0 Å². The molecule has 0 bridgehead atoms. The molecule has 3 aromatic rings. The smallest absolute Gasteiger partial charge is 0.306 e. The molecule has 9 heteroatoms. The number of ether oxygens (including phenoxy) is 2. The van der Waals surface area contributed by atoms with E-state index in [4.69, 9.17) is 13.9 Å². The maximum atomic E-state index is 13.1. The predicted octanol–water partition coefficient (Wildman–Crippen LogP) is 4.19. The minimum atomic E-state index is -0.900. The van der Waals surface area contributed by atoms with E-state index in [1.54, 1.807) is 18.2 Å². The summed E-state index contributed by atoms with van der Waals surface area (Å²) in [5.74, 6) is -2.09. The number of benzene rings is 2. The lowest BCUT2D eigenvalue weighted by atomic mass is 9.92. The minimum absolute atomic E-state index is 0.123. The van der Waals surface area contributed by atoms with Crippen LogP contribution >= 0.6 is 11.8 Å². The number of aromatic hydroxyl groups is 2. The van der Waals surface area contributed by atoms with Crippen LogP contribution in [0.4, 0.5) is 4.39 Å². The summed E-state index contributed by atoms with van der Waals surface area (Å²) in [4.78, 5) is 25.2. The Morgan fingerprint density at radius 1 is 1.12 bits per heavy atom. The van der Waals surface area contributed by atoms with E-state index in [0.717, 1.165) is 11.0 Å². The molecule has 0 amide bonds. The number of carbonyl (C=O) groups excluding carboxylic acids is 1. The molecule has 0 aliphatic carbocycles.